The lowest BCUT2D eigenvalue weighted by Gasteiger charge is -2.31. The Hall–Kier alpha value is -2.14. The van der Waals surface area contributed by atoms with E-state index in [1.165, 1.54) is 0 Å². The predicted octanol–water partition coefficient (Wildman–Crippen LogP) is 1.62. The molecular weight excluding hydrogens is 254 g/mol. The molecule has 1 aromatic carbocycles. The van der Waals surface area contributed by atoms with Gasteiger partial charge in [0.05, 0.1) is 12.9 Å². The molecule has 5 nitrogen and oxygen atoms in total. The van der Waals surface area contributed by atoms with Crippen LogP contribution in [0.4, 0.5) is 0 Å². The summed E-state index contributed by atoms with van der Waals surface area (Å²) < 4.78 is 1.80. The van der Waals surface area contributed by atoms with Gasteiger partial charge in [-0.15, -0.1) is 0 Å². The van der Waals surface area contributed by atoms with E-state index in [9.17, 15) is 9.90 Å². The summed E-state index contributed by atoms with van der Waals surface area (Å²) >= 11 is 0. The molecule has 5 heteroatoms. The Bertz CT molecular complexity index is 578. The minimum Gasteiger partial charge on any atom is -0.480 e. The van der Waals surface area contributed by atoms with E-state index in [0.717, 1.165) is 18.4 Å². The zero-order valence-electron chi connectivity index (χ0n) is 11.1. The molecule has 1 aliphatic rings. The molecule has 104 valence electrons. The Labute approximate surface area is 117 Å². The second-order valence-electron chi connectivity index (χ2n) is 5.23. The van der Waals surface area contributed by atoms with Gasteiger partial charge in [-0.1, -0.05) is 30.3 Å². The lowest BCUT2D eigenvalue weighted by atomic mass is 9.89. The molecule has 20 heavy (non-hydrogen) atoms. The van der Waals surface area contributed by atoms with Crippen LogP contribution in [0.3, 0.4) is 0 Å². The lowest BCUT2D eigenvalue weighted by molar-refractivity contribution is -0.146. The van der Waals surface area contributed by atoms with Gasteiger partial charge in [0.2, 0.25) is 0 Å². The average Bonchev–Trinajstić information content (AvgIpc) is 3.12. The number of benzene rings is 1. The molecule has 2 aromatic rings. The lowest BCUT2D eigenvalue weighted by Crippen LogP contribution is -2.53. The molecule has 0 amide bonds. The molecule has 1 heterocycles. The van der Waals surface area contributed by atoms with Crippen molar-refractivity contribution in [2.75, 3.05) is 0 Å². The van der Waals surface area contributed by atoms with Gasteiger partial charge in [0, 0.05) is 18.4 Å². The SMILES string of the molecule is O=C(O)C(Cn1ccnc1)(NC1CC1)c1ccccc1. The van der Waals surface area contributed by atoms with Crippen LogP contribution in [-0.4, -0.2) is 26.7 Å². The van der Waals surface area contributed by atoms with Gasteiger partial charge in [0.1, 0.15) is 0 Å². The third kappa shape index (κ3) is 2.44. The largest absolute Gasteiger partial charge is 0.480 e. The fourth-order valence-corrected chi connectivity index (χ4v) is 2.43. The van der Waals surface area contributed by atoms with Gasteiger partial charge in [-0.25, -0.2) is 9.78 Å². The van der Waals surface area contributed by atoms with E-state index in [1.54, 1.807) is 23.3 Å². The van der Waals surface area contributed by atoms with E-state index in [4.69, 9.17) is 0 Å². The first-order valence-corrected chi connectivity index (χ1v) is 6.73. The summed E-state index contributed by atoms with van der Waals surface area (Å²) in [5, 5.41) is 13.2. The first-order chi connectivity index (χ1) is 9.71. The molecule has 1 atom stereocenters. The maximum atomic E-state index is 12.0. The van der Waals surface area contributed by atoms with Crippen LogP contribution in [0, 0.1) is 0 Å². The van der Waals surface area contributed by atoms with Crippen LogP contribution in [0.1, 0.15) is 18.4 Å². The number of aliphatic carboxylic acids is 1. The molecule has 1 saturated carbocycles. The van der Waals surface area contributed by atoms with Crippen molar-refractivity contribution in [3.05, 3.63) is 54.6 Å². The van der Waals surface area contributed by atoms with Crippen molar-refractivity contribution < 1.29 is 9.90 Å². The summed E-state index contributed by atoms with van der Waals surface area (Å²) in [6.45, 7) is 0.322. The maximum absolute atomic E-state index is 12.0. The van der Waals surface area contributed by atoms with Crippen LogP contribution >= 0.6 is 0 Å². The number of hydrogen-bond acceptors (Lipinski definition) is 3. The quantitative estimate of drug-likeness (QED) is 0.837. The van der Waals surface area contributed by atoms with Crippen molar-refractivity contribution in [2.45, 2.75) is 31.0 Å². The van der Waals surface area contributed by atoms with Gasteiger partial charge in [0.15, 0.2) is 5.54 Å². The van der Waals surface area contributed by atoms with Gasteiger partial charge in [-0.05, 0) is 18.4 Å². The molecule has 0 radical (unpaired) electrons. The molecule has 0 spiro atoms. The molecule has 1 aliphatic carbocycles. The molecule has 0 saturated heterocycles. The molecule has 0 bridgehead atoms. The number of hydrogen-bond donors (Lipinski definition) is 2. The third-order valence-corrected chi connectivity index (χ3v) is 3.64. The first-order valence-electron chi connectivity index (χ1n) is 6.73. The highest BCUT2D eigenvalue weighted by atomic mass is 16.4. The average molecular weight is 271 g/mol. The summed E-state index contributed by atoms with van der Waals surface area (Å²) in [5.41, 5.74) is -0.337. The highest BCUT2D eigenvalue weighted by Crippen LogP contribution is 2.30. The molecule has 1 unspecified atom stereocenters. The first kappa shape index (κ1) is 12.9. The number of carbonyl (C=O) groups is 1. The normalized spacial score (nSPS) is 17.6. The third-order valence-electron chi connectivity index (χ3n) is 3.64. The van der Waals surface area contributed by atoms with Crippen LogP contribution in [0.5, 0.6) is 0 Å². The van der Waals surface area contributed by atoms with E-state index in [2.05, 4.69) is 10.3 Å². The number of nitrogens with zero attached hydrogens (tertiary/aromatic N) is 2. The van der Waals surface area contributed by atoms with Crippen molar-refractivity contribution >= 4 is 5.97 Å². The molecular formula is C15H17N3O2. The van der Waals surface area contributed by atoms with Crippen LogP contribution in [0.25, 0.3) is 0 Å². The maximum Gasteiger partial charge on any atom is 0.330 e. The topological polar surface area (TPSA) is 67.1 Å². The Morgan fingerprint density at radius 2 is 2.15 bits per heavy atom. The van der Waals surface area contributed by atoms with E-state index in [0.29, 0.717) is 6.54 Å². The highest BCUT2D eigenvalue weighted by Gasteiger charge is 2.44. The number of carboxylic acids is 1. The van der Waals surface area contributed by atoms with Crippen LogP contribution in [-0.2, 0) is 16.9 Å². The van der Waals surface area contributed by atoms with E-state index in [1.807, 2.05) is 30.3 Å². The van der Waals surface area contributed by atoms with Crippen LogP contribution in [0.15, 0.2) is 49.1 Å². The zero-order valence-corrected chi connectivity index (χ0v) is 11.1. The Balaban J connectivity index is 2.01. The van der Waals surface area contributed by atoms with Gasteiger partial charge >= 0.3 is 5.97 Å². The zero-order chi connectivity index (χ0) is 14.0. The number of nitrogens with one attached hydrogen (secondary N) is 1. The molecule has 1 fully saturated rings. The molecule has 0 aliphatic heterocycles. The van der Waals surface area contributed by atoms with Crippen LogP contribution in [0.2, 0.25) is 0 Å². The predicted molar refractivity (Wildman–Crippen MR) is 74.1 cm³/mol. The van der Waals surface area contributed by atoms with E-state index in [-0.39, 0.29) is 6.04 Å². The van der Waals surface area contributed by atoms with Gasteiger partial charge in [-0.2, -0.15) is 0 Å². The Morgan fingerprint density at radius 3 is 2.70 bits per heavy atom. The summed E-state index contributed by atoms with van der Waals surface area (Å²) in [7, 11) is 0. The van der Waals surface area contributed by atoms with Crippen molar-refractivity contribution in [3.8, 4) is 0 Å². The second kappa shape index (κ2) is 5.09. The Kier molecular flexibility index (Phi) is 3.28. The Morgan fingerprint density at radius 1 is 1.40 bits per heavy atom. The monoisotopic (exact) mass is 271 g/mol. The standard InChI is InChI=1S/C15H17N3O2/c19-14(20)15(17-13-6-7-13,10-18-9-8-16-11-18)12-4-2-1-3-5-12/h1-5,8-9,11,13,17H,6-7,10H2,(H,19,20). The summed E-state index contributed by atoms with van der Waals surface area (Å²) in [6, 6.07) is 9.64. The number of rotatable bonds is 6. The fraction of sp³-hybridized carbons (Fsp3) is 0.333. The van der Waals surface area contributed by atoms with Gasteiger partial charge in [0.25, 0.3) is 0 Å². The molecule has 1 aromatic heterocycles. The minimum absolute atomic E-state index is 0.287. The number of aromatic nitrogens is 2. The molecule has 3 rings (SSSR count). The summed E-state index contributed by atoms with van der Waals surface area (Å²) in [4.78, 5) is 16.0. The second-order valence-corrected chi connectivity index (χ2v) is 5.23. The van der Waals surface area contributed by atoms with Crippen molar-refractivity contribution in [1.29, 1.82) is 0 Å². The van der Waals surface area contributed by atoms with Gasteiger partial charge in [-0.3, -0.25) is 5.32 Å². The smallest absolute Gasteiger partial charge is 0.330 e. The molecule has 2 N–H and O–H groups in total. The van der Waals surface area contributed by atoms with Gasteiger partial charge < -0.3 is 9.67 Å². The van der Waals surface area contributed by atoms with Crippen molar-refractivity contribution in [2.24, 2.45) is 0 Å². The van der Waals surface area contributed by atoms with Crippen molar-refractivity contribution in [1.82, 2.24) is 14.9 Å². The van der Waals surface area contributed by atoms with E-state index < -0.39 is 11.5 Å². The summed E-state index contributed by atoms with van der Waals surface area (Å²) in [6.07, 6.45) is 7.16. The highest BCUT2D eigenvalue weighted by molar-refractivity contribution is 5.81. The number of imidazole rings is 1. The minimum atomic E-state index is -1.11. The number of carboxylic acid groups (broad SMARTS) is 1. The summed E-state index contributed by atoms with van der Waals surface area (Å²) in [5.74, 6) is -0.857. The van der Waals surface area contributed by atoms with Crippen LogP contribution < -0.4 is 5.32 Å². The van der Waals surface area contributed by atoms with Crippen molar-refractivity contribution in [3.63, 3.8) is 0 Å². The fourth-order valence-electron chi connectivity index (χ4n) is 2.43. The van der Waals surface area contributed by atoms with E-state index >= 15 is 0 Å².